The van der Waals surface area contributed by atoms with Crippen LogP contribution in [0.5, 0.6) is 0 Å². The van der Waals surface area contributed by atoms with E-state index < -0.39 is 0 Å². The van der Waals surface area contributed by atoms with Gasteiger partial charge in [0.1, 0.15) is 6.23 Å². The summed E-state index contributed by atoms with van der Waals surface area (Å²) in [5, 5.41) is 9.69. The van der Waals surface area contributed by atoms with Crippen LogP contribution in [0.15, 0.2) is 11.6 Å². The fourth-order valence-electron chi connectivity index (χ4n) is 1.94. The Kier molecular flexibility index (Phi) is 4.63. The van der Waals surface area contributed by atoms with Gasteiger partial charge in [-0.3, -0.25) is 4.90 Å². The molecule has 2 unspecified atom stereocenters. The van der Waals surface area contributed by atoms with Crippen molar-refractivity contribution in [1.82, 2.24) is 4.90 Å². The van der Waals surface area contributed by atoms with Gasteiger partial charge in [0.25, 0.3) is 0 Å². The van der Waals surface area contributed by atoms with E-state index in [1.807, 2.05) is 0 Å². The summed E-state index contributed by atoms with van der Waals surface area (Å²) in [6, 6.07) is 0.481. The minimum absolute atomic E-state index is 0.194. The molecule has 1 saturated heterocycles. The maximum absolute atomic E-state index is 9.69. The topological polar surface area (TPSA) is 23.5 Å². The molecule has 0 spiro atoms. The second kappa shape index (κ2) is 5.52. The molecule has 1 heterocycles. The molecule has 1 fully saturated rings. The summed E-state index contributed by atoms with van der Waals surface area (Å²) in [7, 11) is 0. The van der Waals surface area contributed by atoms with E-state index in [9.17, 15) is 5.11 Å². The Morgan fingerprint density at radius 3 is 2.86 bits per heavy atom. The zero-order chi connectivity index (χ0) is 10.6. The van der Waals surface area contributed by atoms with Gasteiger partial charge in [-0.1, -0.05) is 18.6 Å². The van der Waals surface area contributed by atoms with Gasteiger partial charge in [0.15, 0.2) is 0 Å². The summed E-state index contributed by atoms with van der Waals surface area (Å²) in [5.74, 6) is 0. The number of rotatable bonds is 4. The number of allylic oxidation sites excluding steroid dienone is 1. The van der Waals surface area contributed by atoms with Gasteiger partial charge < -0.3 is 5.11 Å². The molecule has 1 N–H and O–H groups in total. The van der Waals surface area contributed by atoms with Gasteiger partial charge in [-0.05, 0) is 39.5 Å². The Balaban J connectivity index is 2.37. The van der Waals surface area contributed by atoms with Gasteiger partial charge in [-0.2, -0.15) is 0 Å². The predicted octanol–water partition coefficient (Wildman–Crippen LogP) is 2.54. The SMILES string of the molecule is CC/C(C)=C\CC(C)N1CCCC1O. The minimum atomic E-state index is -0.194. The van der Waals surface area contributed by atoms with E-state index in [1.165, 1.54) is 5.57 Å². The van der Waals surface area contributed by atoms with Gasteiger partial charge in [0.05, 0.1) is 0 Å². The lowest BCUT2D eigenvalue weighted by Crippen LogP contribution is -2.36. The third kappa shape index (κ3) is 3.10. The number of aliphatic hydroxyl groups excluding tert-OH is 1. The largest absolute Gasteiger partial charge is 0.378 e. The molecule has 1 aliphatic heterocycles. The van der Waals surface area contributed by atoms with Crippen molar-refractivity contribution in [3.63, 3.8) is 0 Å². The van der Waals surface area contributed by atoms with Crippen LogP contribution in [0.4, 0.5) is 0 Å². The summed E-state index contributed by atoms with van der Waals surface area (Å²) in [6.45, 7) is 7.61. The fourth-order valence-corrected chi connectivity index (χ4v) is 1.94. The Hall–Kier alpha value is -0.340. The first kappa shape index (κ1) is 11.7. The fraction of sp³-hybridized carbons (Fsp3) is 0.833. The lowest BCUT2D eigenvalue weighted by molar-refractivity contribution is 0.0141. The molecule has 0 amide bonds. The van der Waals surface area contributed by atoms with Crippen LogP contribution in [0.25, 0.3) is 0 Å². The van der Waals surface area contributed by atoms with Crippen LogP contribution in [-0.2, 0) is 0 Å². The van der Waals surface area contributed by atoms with Gasteiger partial charge >= 0.3 is 0 Å². The molecule has 1 rings (SSSR count). The van der Waals surface area contributed by atoms with Crippen molar-refractivity contribution in [2.24, 2.45) is 0 Å². The molecule has 0 radical (unpaired) electrons. The third-order valence-corrected chi connectivity index (χ3v) is 3.19. The minimum Gasteiger partial charge on any atom is -0.378 e. The zero-order valence-corrected chi connectivity index (χ0v) is 9.66. The van der Waals surface area contributed by atoms with Crippen LogP contribution < -0.4 is 0 Å². The van der Waals surface area contributed by atoms with E-state index in [-0.39, 0.29) is 6.23 Å². The van der Waals surface area contributed by atoms with Crippen LogP contribution in [-0.4, -0.2) is 28.8 Å². The van der Waals surface area contributed by atoms with Crippen molar-refractivity contribution in [2.75, 3.05) is 6.54 Å². The predicted molar refractivity (Wildman–Crippen MR) is 60.1 cm³/mol. The van der Waals surface area contributed by atoms with E-state index in [0.29, 0.717) is 6.04 Å². The molecule has 0 bridgehead atoms. The molecule has 14 heavy (non-hydrogen) atoms. The van der Waals surface area contributed by atoms with Crippen molar-refractivity contribution in [3.8, 4) is 0 Å². The quantitative estimate of drug-likeness (QED) is 0.700. The highest BCUT2D eigenvalue weighted by atomic mass is 16.3. The first-order valence-electron chi connectivity index (χ1n) is 5.74. The van der Waals surface area contributed by atoms with Crippen LogP contribution in [0.1, 0.15) is 46.5 Å². The van der Waals surface area contributed by atoms with Gasteiger partial charge in [0.2, 0.25) is 0 Å². The molecule has 82 valence electrons. The second-order valence-electron chi connectivity index (χ2n) is 4.35. The Morgan fingerprint density at radius 2 is 2.36 bits per heavy atom. The molecule has 0 aromatic rings. The van der Waals surface area contributed by atoms with Gasteiger partial charge in [-0.15, -0.1) is 0 Å². The molecule has 0 aromatic heterocycles. The lowest BCUT2D eigenvalue weighted by Gasteiger charge is -2.26. The van der Waals surface area contributed by atoms with Crippen LogP contribution in [0, 0.1) is 0 Å². The first-order chi connectivity index (χ1) is 6.65. The molecule has 2 nitrogen and oxygen atoms in total. The Bertz CT molecular complexity index is 200. The standard InChI is InChI=1S/C12H23NO/c1-4-10(2)7-8-11(3)13-9-5-6-12(13)14/h7,11-12,14H,4-6,8-9H2,1-3H3/b10-7-. The van der Waals surface area contributed by atoms with E-state index in [4.69, 9.17) is 0 Å². The Labute approximate surface area is 87.6 Å². The number of aliphatic hydroxyl groups is 1. The molecule has 2 atom stereocenters. The van der Waals surface area contributed by atoms with Crippen molar-refractivity contribution in [2.45, 2.75) is 58.7 Å². The highest BCUT2D eigenvalue weighted by molar-refractivity contribution is 4.98. The zero-order valence-electron chi connectivity index (χ0n) is 9.66. The molecule has 2 heteroatoms. The first-order valence-corrected chi connectivity index (χ1v) is 5.74. The second-order valence-corrected chi connectivity index (χ2v) is 4.35. The summed E-state index contributed by atoms with van der Waals surface area (Å²) in [6.07, 6.45) is 6.39. The van der Waals surface area contributed by atoms with E-state index in [1.54, 1.807) is 0 Å². The summed E-state index contributed by atoms with van der Waals surface area (Å²) < 4.78 is 0. The van der Waals surface area contributed by atoms with Crippen LogP contribution >= 0.6 is 0 Å². The molecule has 0 aliphatic carbocycles. The lowest BCUT2D eigenvalue weighted by atomic mass is 10.1. The molecule has 0 saturated carbocycles. The number of likely N-dealkylation sites (tertiary alicyclic amines) is 1. The maximum atomic E-state index is 9.69. The van der Waals surface area contributed by atoms with E-state index in [0.717, 1.165) is 32.2 Å². The molecular formula is C12H23NO. The highest BCUT2D eigenvalue weighted by Crippen LogP contribution is 2.20. The van der Waals surface area contributed by atoms with Crippen molar-refractivity contribution in [3.05, 3.63) is 11.6 Å². The number of hydrogen-bond donors (Lipinski definition) is 1. The van der Waals surface area contributed by atoms with E-state index in [2.05, 4.69) is 31.7 Å². The van der Waals surface area contributed by atoms with Gasteiger partial charge in [0, 0.05) is 12.6 Å². The summed E-state index contributed by atoms with van der Waals surface area (Å²) in [4.78, 5) is 2.21. The van der Waals surface area contributed by atoms with Crippen LogP contribution in [0.3, 0.4) is 0 Å². The third-order valence-electron chi connectivity index (χ3n) is 3.19. The Morgan fingerprint density at radius 1 is 1.64 bits per heavy atom. The molecule has 1 aliphatic rings. The van der Waals surface area contributed by atoms with Crippen molar-refractivity contribution in [1.29, 1.82) is 0 Å². The average molecular weight is 197 g/mol. The van der Waals surface area contributed by atoms with E-state index >= 15 is 0 Å². The number of nitrogens with zero attached hydrogens (tertiary/aromatic N) is 1. The van der Waals surface area contributed by atoms with Crippen molar-refractivity contribution < 1.29 is 5.11 Å². The monoisotopic (exact) mass is 197 g/mol. The maximum Gasteiger partial charge on any atom is 0.107 e. The highest BCUT2D eigenvalue weighted by Gasteiger charge is 2.25. The molecular weight excluding hydrogens is 174 g/mol. The smallest absolute Gasteiger partial charge is 0.107 e. The summed E-state index contributed by atoms with van der Waals surface area (Å²) >= 11 is 0. The normalized spacial score (nSPS) is 26.9. The molecule has 0 aromatic carbocycles. The summed E-state index contributed by atoms with van der Waals surface area (Å²) in [5.41, 5.74) is 1.45. The van der Waals surface area contributed by atoms with Crippen molar-refractivity contribution >= 4 is 0 Å². The van der Waals surface area contributed by atoms with Crippen LogP contribution in [0.2, 0.25) is 0 Å². The average Bonchev–Trinajstić information content (AvgIpc) is 2.60. The van der Waals surface area contributed by atoms with Gasteiger partial charge in [-0.25, -0.2) is 0 Å². The number of hydrogen-bond acceptors (Lipinski definition) is 2.